The molecule has 5 rings (SSSR count). The normalized spacial score (nSPS) is 20.2. The molecule has 0 bridgehead atoms. The largest absolute Gasteiger partial charge is 0.355 e. The summed E-state index contributed by atoms with van der Waals surface area (Å²) < 4.78 is 0. The number of rotatable bonds is 3. The molecule has 2 aromatic rings. The Labute approximate surface area is 165 Å². The molecule has 2 aromatic heterocycles. The first-order valence-electron chi connectivity index (χ1n) is 10.1. The van der Waals surface area contributed by atoms with Gasteiger partial charge in [-0.2, -0.15) is 0 Å². The summed E-state index contributed by atoms with van der Waals surface area (Å²) in [4.78, 5) is 23.6. The Balaban J connectivity index is 0.000000872. The van der Waals surface area contributed by atoms with Gasteiger partial charge in [0.15, 0.2) is 5.65 Å². The number of hydrogen-bond acceptors (Lipinski definition) is 4. The number of amides is 1. The second-order valence-corrected chi connectivity index (χ2v) is 8.24. The van der Waals surface area contributed by atoms with Gasteiger partial charge in [-0.15, -0.1) is 0 Å². The third-order valence-corrected chi connectivity index (χ3v) is 6.41. The number of nitrogens with one attached hydrogen (secondary N) is 1. The van der Waals surface area contributed by atoms with Crippen LogP contribution < -0.4 is 10.2 Å². The molecule has 1 N–H and O–H groups in total. The fourth-order valence-corrected chi connectivity index (χ4v) is 4.62. The van der Waals surface area contributed by atoms with Crippen LogP contribution in [0.3, 0.4) is 0 Å². The fourth-order valence-electron chi connectivity index (χ4n) is 4.34. The number of pyridine rings is 2. The van der Waals surface area contributed by atoms with Crippen molar-refractivity contribution < 1.29 is 4.79 Å². The first-order chi connectivity index (χ1) is 13.1. The zero-order chi connectivity index (χ0) is 19.0. The van der Waals surface area contributed by atoms with Crippen LogP contribution in [0.5, 0.6) is 0 Å². The lowest BCUT2D eigenvalue weighted by Crippen LogP contribution is -2.53. The topological polar surface area (TPSA) is 58.1 Å². The molecule has 0 atom stereocenters. The molecule has 0 aromatic carbocycles. The molecular weight excluding hydrogens is 360 g/mol. The first-order valence-corrected chi connectivity index (χ1v) is 10.5. The molecule has 2 aliphatic carbocycles. The van der Waals surface area contributed by atoms with Gasteiger partial charge in [0.1, 0.15) is 5.82 Å². The molecule has 5 nitrogen and oxygen atoms in total. The molecule has 3 fully saturated rings. The van der Waals surface area contributed by atoms with E-state index in [0.29, 0.717) is 27.7 Å². The number of hydrogen-bond donors (Lipinski definition) is 1. The van der Waals surface area contributed by atoms with E-state index in [-0.39, 0.29) is 5.91 Å². The lowest BCUT2D eigenvalue weighted by atomic mass is 9.54. The minimum absolute atomic E-state index is 0.0449. The summed E-state index contributed by atoms with van der Waals surface area (Å²) in [6, 6.07) is 4.03. The molecule has 2 saturated carbocycles. The summed E-state index contributed by atoms with van der Waals surface area (Å²) >= 11 is 6.38. The third-order valence-electron chi connectivity index (χ3n) is 6.13. The number of fused-ring (bicyclic) bond motifs is 1. The second kappa shape index (κ2) is 7.27. The molecule has 6 heteroatoms. The highest BCUT2D eigenvalue weighted by Gasteiger charge is 2.48. The maximum Gasteiger partial charge on any atom is 0.253 e. The minimum Gasteiger partial charge on any atom is -0.355 e. The summed E-state index contributed by atoms with van der Waals surface area (Å²) in [5.74, 6) is 0.752. The zero-order valence-electron chi connectivity index (χ0n) is 16.1. The smallest absolute Gasteiger partial charge is 0.253 e. The average molecular weight is 387 g/mol. The molecule has 0 unspecified atom stereocenters. The summed E-state index contributed by atoms with van der Waals surface area (Å²) in [5, 5.41) is 4.58. The van der Waals surface area contributed by atoms with Crippen molar-refractivity contribution in [3.63, 3.8) is 0 Å². The summed E-state index contributed by atoms with van der Waals surface area (Å²) in [7, 11) is 0. The van der Waals surface area contributed by atoms with Crippen molar-refractivity contribution in [1.82, 2.24) is 15.3 Å². The summed E-state index contributed by atoms with van der Waals surface area (Å²) in [6.07, 6.45) is 9.07. The van der Waals surface area contributed by atoms with E-state index >= 15 is 0 Å². The zero-order valence-corrected chi connectivity index (χ0v) is 16.9. The van der Waals surface area contributed by atoms with Crippen LogP contribution in [0.25, 0.3) is 11.0 Å². The van der Waals surface area contributed by atoms with Crippen molar-refractivity contribution in [3.05, 3.63) is 28.9 Å². The van der Waals surface area contributed by atoms with Gasteiger partial charge in [-0.25, -0.2) is 9.97 Å². The van der Waals surface area contributed by atoms with E-state index in [2.05, 4.69) is 20.2 Å². The molecule has 27 heavy (non-hydrogen) atoms. The van der Waals surface area contributed by atoms with Crippen LogP contribution in [0.1, 0.15) is 62.7 Å². The lowest BCUT2D eigenvalue weighted by molar-refractivity contribution is -0.000626. The highest BCUT2D eigenvalue weighted by atomic mass is 35.5. The average Bonchev–Trinajstić information content (AvgIpc) is 2.56. The third kappa shape index (κ3) is 3.38. The van der Waals surface area contributed by atoms with Crippen LogP contribution in [-0.2, 0) is 0 Å². The van der Waals surface area contributed by atoms with E-state index in [1.165, 1.54) is 25.7 Å². The Bertz CT molecular complexity index is 853. The molecule has 3 heterocycles. The van der Waals surface area contributed by atoms with Crippen LogP contribution in [0.15, 0.2) is 18.3 Å². The van der Waals surface area contributed by atoms with Crippen LogP contribution in [-0.4, -0.2) is 35.0 Å². The van der Waals surface area contributed by atoms with E-state index in [1.807, 2.05) is 26.0 Å². The number of carbonyl (C=O) groups is 1. The number of halogens is 1. The Hall–Kier alpha value is -1.88. The van der Waals surface area contributed by atoms with Crippen molar-refractivity contribution in [3.8, 4) is 0 Å². The van der Waals surface area contributed by atoms with Gasteiger partial charge >= 0.3 is 0 Å². The van der Waals surface area contributed by atoms with E-state index in [0.717, 1.165) is 37.1 Å². The van der Waals surface area contributed by atoms with Gasteiger partial charge in [-0.3, -0.25) is 4.79 Å². The van der Waals surface area contributed by atoms with Crippen molar-refractivity contribution in [2.75, 3.05) is 18.0 Å². The molecule has 3 aliphatic rings. The van der Waals surface area contributed by atoms with Gasteiger partial charge in [0, 0.05) is 30.7 Å². The maximum atomic E-state index is 12.5. The quantitative estimate of drug-likeness (QED) is 0.838. The minimum atomic E-state index is -0.0449. The maximum absolute atomic E-state index is 12.5. The Morgan fingerprint density at radius 2 is 1.96 bits per heavy atom. The van der Waals surface area contributed by atoms with Crippen molar-refractivity contribution in [2.24, 2.45) is 5.41 Å². The van der Waals surface area contributed by atoms with Crippen molar-refractivity contribution >= 4 is 34.4 Å². The summed E-state index contributed by atoms with van der Waals surface area (Å²) in [6.45, 7) is 5.98. The Morgan fingerprint density at radius 3 is 2.56 bits per heavy atom. The van der Waals surface area contributed by atoms with Gasteiger partial charge in [0.2, 0.25) is 0 Å². The van der Waals surface area contributed by atoms with Gasteiger partial charge in [0.25, 0.3) is 5.91 Å². The van der Waals surface area contributed by atoms with Crippen LogP contribution in [0.4, 0.5) is 5.82 Å². The van der Waals surface area contributed by atoms with E-state index in [9.17, 15) is 4.79 Å². The first kappa shape index (κ1) is 18.5. The van der Waals surface area contributed by atoms with Gasteiger partial charge in [-0.05, 0) is 49.7 Å². The van der Waals surface area contributed by atoms with E-state index in [4.69, 9.17) is 11.6 Å². The lowest BCUT2D eigenvalue weighted by Gasteiger charge is -2.54. The van der Waals surface area contributed by atoms with Gasteiger partial charge < -0.3 is 10.2 Å². The highest BCUT2D eigenvalue weighted by molar-refractivity contribution is 6.33. The molecule has 1 amide bonds. The SMILES string of the molecule is CC.O=C(NC1CC2(CCC2)C1)c1cnc2nc(N3CCC3)c(Cl)cc2c1. The number of carbonyl (C=O) groups excluding carboxylic acids is 1. The molecule has 144 valence electrons. The predicted molar refractivity (Wildman–Crippen MR) is 109 cm³/mol. The molecular formula is C21H27ClN4O. The van der Waals surface area contributed by atoms with E-state index in [1.54, 1.807) is 6.20 Å². The Kier molecular flexibility index (Phi) is 4.97. The summed E-state index contributed by atoms with van der Waals surface area (Å²) in [5.41, 5.74) is 1.78. The Morgan fingerprint density at radius 1 is 1.22 bits per heavy atom. The molecule has 1 saturated heterocycles. The number of aromatic nitrogens is 2. The predicted octanol–water partition coefficient (Wildman–Crippen LogP) is 4.58. The van der Waals surface area contributed by atoms with E-state index < -0.39 is 0 Å². The van der Waals surface area contributed by atoms with Crippen LogP contribution in [0, 0.1) is 5.41 Å². The van der Waals surface area contributed by atoms with Crippen molar-refractivity contribution in [1.29, 1.82) is 0 Å². The molecule has 0 radical (unpaired) electrons. The van der Waals surface area contributed by atoms with Crippen molar-refractivity contribution in [2.45, 2.75) is 58.4 Å². The molecule has 1 aliphatic heterocycles. The number of anilines is 1. The van der Waals surface area contributed by atoms with Gasteiger partial charge in [-0.1, -0.05) is 31.9 Å². The second-order valence-electron chi connectivity index (χ2n) is 7.84. The fraction of sp³-hybridized carbons (Fsp3) is 0.571. The van der Waals surface area contributed by atoms with Crippen LogP contribution in [0.2, 0.25) is 5.02 Å². The van der Waals surface area contributed by atoms with Gasteiger partial charge in [0.05, 0.1) is 10.6 Å². The van der Waals surface area contributed by atoms with Crippen LogP contribution >= 0.6 is 11.6 Å². The molecule has 1 spiro atoms. The highest BCUT2D eigenvalue weighted by Crippen LogP contribution is 2.55. The number of nitrogens with zero attached hydrogens (tertiary/aromatic N) is 3. The monoisotopic (exact) mass is 386 g/mol. The standard InChI is InChI=1S/C19H21ClN4O.C2H6/c20-15-8-12-7-13(11-21-16(12)23-17(15)24-5-2-6-24)18(25)22-14-9-19(10-14)3-1-4-19;1-2/h7-8,11,14H,1-6,9-10H2,(H,22,25);1-2H3.